The molecule has 2 aromatic rings. The van der Waals surface area contributed by atoms with Gasteiger partial charge < -0.3 is 5.11 Å². The smallest absolute Gasteiger partial charge is 0.0558 e. The van der Waals surface area contributed by atoms with Gasteiger partial charge in [0, 0.05) is 53.5 Å². The van der Waals surface area contributed by atoms with Crippen LogP contribution in [0.4, 0.5) is 0 Å². The SMILES string of the molecule is CSc1ccc2c(c1)CC(N1CCN(CCO)CC1)c1ccccc1S2. The Labute approximate surface area is 164 Å². The number of β-amino-alcohol motifs (C(OH)–C–C–N with tert-alkyl or cyclic N) is 1. The molecule has 0 radical (unpaired) electrons. The van der Waals surface area contributed by atoms with E-state index in [2.05, 4.69) is 58.5 Å². The molecule has 26 heavy (non-hydrogen) atoms. The summed E-state index contributed by atoms with van der Waals surface area (Å²) in [6.07, 6.45) is 3.23. The molecule has 138 valence electrons. The first kappa shape index (κ1) is 18.4. The van der Waals surface area contributed by atoms with Crippen molar-refractivity contribution in [2.24, 2.45) is 0 Å². The molecule has 0 saturated carbocycles. The second-order valence-electron chi connectivity index (χ2n) is 6.93. The van der Waals surface area contributed by atoms with E-state index in [-0.39, 0.29) is 6.61 Å². The van der Waals surface area contributed by atoms with Crippen LogP contribution in [0.5, 0.6) is 0 Å². The number of hydrogen-bond acceptors (Lipinski definition) is 5. The Morgan fingerprint density at radius 1 is 1.08 bits per heavy atom. The minimum Gasteiger partial charge on any atom is -0.395 e. The summed E-state index contributed by atoms with van der Waals surface area (Å²) in [5.74, 6) is 0. The first-order valence-corrected chi connectivity index (χ1v) is 11.3. The van der Waals surface area contributed by atoms with Gasteiger partial charge in [0.05, 0.1) is 6.61 Å². The summed E-state index contributed by atoms with van der Waals surface area (Å²) in [5.41, 5.74) is 2.94. The van der Waals surface area contributed by atoms with Crippen LogP contribution in [0.2, 0.25) is 0 Å². The Kier molecular flexibility index (Phi) is 5.91. The van der Waals surface area contributed by atoms with Crippen molar-refractivity contribution in [2.45, 2.75) is 27.1 Å². The van der Waals surface area contributed by atoms with E-state index in [1.165, 1.54) is 25.8 Å². The van der Waals surface area contributed by atoms with Crippen LogP contribution in [0.1, 0.15) is 17.2 Å². The highest BCUT2D eigenvalue weighted by molar-refractivity contribution is 7.99. The highest BCUT2D eigenvalue weighted by Crippen LogP contribution is 2.43. The van der Waals surface area contributed by atoms with Crippen LogP contribution >= 0.6 is 23.5 Å². The molecular weight excluding hydrogens is 360 g/mol. The summed E-state index contributed by atoms with van der Waals surface area (Å²) in [5, 5.41) is 9.20. The molecule has 1 fully saturated rings. The average Bonchev–Trinajstić information content (AvgIpc) is 2.85. The van der Waals surface area contributed by atoms with Gasteiger partial charge in [-0.2, -0.15) is 0 Å². The number of thioether (sulfide) groups is 1. The molecule has 1 atom stereocenters. The maximum Gasteiger partial charge on any atom is 0.0558 e. The van der Waals surface area contributed by atoms with Gasteiger partial charge in [-0.05, 0) is 48.1 Å². The lowest BCUT2D eigenvalue weighted by atomic mass is 9.96. The lowest BCUT2D eigenvalue weighted by molar-refractivity contribution is 0.0823. The van der Waals surface area contributed by atoms with Crippen molar-refractivity contribution in [3.63, 3.8) is 0 Å². The Morgan fingerprint density at radius 2 is 1.88 bits per heavy atom. The largest absolute Gasteiger partial charge is 0.395 e. The Bertz CT molecular complexity index is 759. The summed E-state index contributed by atoms with van der Waals surface area (Å²) in [6.45, 7) is 5.29. The third-order valence-corrected chi connectivity index (χ3v) is 7.38. The first-order chi connectivity index (χ1) is 12.8. The number of fused-ring (bicyclic) bond motifs is 2. The molecule has 0 aromatic heterocycles. The van der Waals surface area contributed by atoms with Gasteiger partial charge in [0.2, 0.25) is 0 Å². The summed E-state index contributed by atoms with van der Waals surface area (Å²) in [4.78, 5) is 9.16. The predicted molar refractivity (Wildman–Crippen MR) is 110 cm³/mol. The van der Waals surface area contributed by atoms with Crippen molar-refractivity contribution in [1.82, 2.24) is 9.80 Å². The van der Waals surface area contributed by atoms with Crippen LogP contribution in [0, 0.1) is 0 Å². The lowest BCUT2D eigenvalue weighted by Crippen LogP contribution is -2.48. The molecule has 4 rings (SSSR count). The molecule has 0 bridgehead atoms. The summed E-state index contributed by atoms with van der Waals surface area (Å²) >= 11 is 3.74. The zero-order chi connectivity index (χ0) is 17.9. The fourth-order valence-electron chi connectivity index (χ4n) is 3.99. The summed E-state index contributed by atoms with van der Waals surface area (Å²) < 4.78 is 0. The van der Waals surface area contributed by atoms with Gasteiger partial charge in [0.15, 0.2) is 0 Å². The molecule has 0 amide bonds. The van der Waals surface area contributed by atoms with Crippen LogP contribution in [0.3, 0.4) is 0 Å². The first-order valence-electron chi connectivity index (χ1n) is 9.29. The molecule has 0 aliphatic carbocycles. The van der Waals surface area contributed by atoms with Crippen LogP contribution in [-0.2, 0) is 6.42 Å². The van der Waals surface area contributed by atoms with Gasteiger partial charge >= 0.3 is 0 Å². The molecule has 2 heterocycles. The normalized spacial score (nSPS) is 21.1. The van der Waals surface area contributed by atoms with Crippen LogP contribution in [0.25, 0.3) is 0 Å². The lowest BCUT2D eigenvalue weighted by Gasteiger charge is -2.39. The fourth-order valence-corrected chi connectivity index (χ4v) is 5.57. The van der Waals surface area contributed by atoms with E-state index in [4.69, 9.17) is 0 Å². The second kappa shape index (κ2) is 8.36. The highest BCUT2D eigenvalue weighted by Gasteiger charge is 2.29. The maximum atomic E-state index is 9.20. The maximum absolute atomic E-state index is 9.20. The van der Waals surface area contributed by atoms with E-state index in [1.807, 2.05) is 23.5 Å². The van der Waals surface area contributed by atoms with E-state index in [9.17, 15) is 5.11 Å². The molecule has 1 unspecified atom stereocenters. The van der Waals surface area contributed by atoms with Crippen molar-refractivity contribution in [3.05, 3.63) is 53.6 Å². The van der Waals surface area contributed by atoms with Crippen molar-refractivity contribution in [1.29, 1.82) is 0 Å². The van der Waals surface area contributed by atoms with E-state index in [0.717, 1.165) is 39.1 Å². The van der Waals surface area contributed by atoms with Gasteiger partial charge in [-0.1, -0.05) is 30.0 Å². The van der Waals surface area contributed by atoms with Gasteiger partial charge in [0.1, 0.15) is 0 Å². The quantitative estimate of drug-likeness (QED) is 0.807. The van der Waals surface area contributed by atoms with Crippen molar-refractivity contribution in [2.75, 3.05) is 45.6 Å². The molecule has 5 heteroatoms. The average molecular weight is 387 g/mol. The van der Waals surface area contributed by atoms with Crippen LogP contribution < -0.4 is 0 Å². The summed E-state index contributed by atoms with van der Waals surface area (Å²) in [6, 6.07) is 16.3. The molecule has 3 nitrogen and oxygen atoms in total. The number of piperazine rings is 1. The molecule has 1 saturated heterocycles. The zero-order valence-electron chi connectivity index (χ0n) is 15.2. The van der Waals surface area contributed by atoms with Gasteiger partial charge in [-0.15, -0.1) is 11.8 Å². The number of nitrogens with zero attached hydrogens (tertiary/aromatic N) is 2. The predicted octanol–water partition coefficient (Wildman–Crippen LogP) is 3.77. The Morgan fingerprint density at radius 3 is 2.65 bits per heavy atom. The third kappa shape index (κ3) is 3.82. The van der Waals surface area contributed by atoms with Gasteiger partial charge in [0.25, 0.3) is 0 Å². The standard InChI is InChI=1S/C21H26N2OS2/c1-25-17-6-7-20-16(14-17)15-19(18-4-2-3-5-21(18)26-20)23-10-8-22(9-11-23)12-13-24/h2-7,14,19,24H,8-13,15H2,1H3. The number of hydrogen-bond donors (Lipinski definition) is 1. The van der Waals surface area contributed by atoms with Crippen LogP contribution in [-0.4, -0.2) is 60.5 Å². The number of aliphatic hydroxyl groups is 1. The fraction of sp³-hybridized carbons (Fsp3) is 0.429. The zero-order valence-corrected chi connectivity index (χ0v) is 16.9. The molecule has 1 N–H and O–H groups in total. The highest BCUT2D eigenvalue weighted by atomic mass is 32.2. The Balaban J connectivity index is 1.64. The minimum absolute atomic E-state index is 0.258. The molecular formula is C21H26N2OS2. The van der Waals surface area contributed by atoms with E-state index >= 15 is 0 Å². The number of rotatable bonds is 4. The van der Waals surface area contributed by atoms with Gasteiger partial charge in [-0.3, -0.25) is 9.80 Å². The third-order valence-electron chi connectivity index (χ3n) is 5.44. The van der Waals surface area contributed by atoms with Crippen molar-refractivity contribution >= 4 is 23.5 Å². The van der Waals surface area contributed by atoms with E-state index < -0.39 is 0 Å². The van der Waals surface area contributed by atoms with E-state index in [0.29, 0.717) is 6.04 Å². The van der Waals surface area contributed by atoms with Gasteiger partial charge in [-0.25, -0.2) is 0 Å². The molecule has 2 aliphatic rings. The minimum atomic E-state index is 0.258. The molecule has 0 spiro atoms. The number of benzene rings is 2. The molecule has 2 aromatic carbocycles. The van der Waals surface area contributed by atoms with Crippen LogP contribution in [0.15, 0.2) is 57.2 Å². The number of aliphatic hydroxyl groups excluding tert-OH is 1. The summed E-state index contributed by atoms with van der Waals surface area (Å²) in [7, 11) is 0. The Hall–Kier alpha value is -0.980. The van der Waals surface area contributed by atoms with E-state index in [1.54, 1.807) is 0 Å². The van der Waals surface area contributed by atoms with Crippen molar-refractivity contribution < 1.29 is 5.11 Å². The second-order valence-corrected chi connectivity index (χ2v) is 8.90. The molecule has 2 aliphatic heterocycles. The van der Waals surface area contributed by atoms with Crippen molar-refractivity contribution in [3.8, 4) is 0 Å². The topological polar surface area (TPSA) is 26.7 Å². The monoisotopic (exact) mass is 386 g/mol.